The molecule has 6 heteroatoms. The van der Waals surface area contributed by atoms with Gasteiger partial charge in [0.2, 0.25) is 0 Å². The lowest BCUT2D eigenvalue weighted by molar-refractivity contribution is 0.307. The molecular weight excluding hydrogens is 242 g/mol. The number of hydrogen-bond donors (Lipinski definition) is 2. The van der Waals surface area contributed by atoms with E-state index in [9.17, 15) is 0 Å². The summed E-state index contributed by atoms with van der Waals surface area (Å²) in [5, 5.41) is 4.09. The number of hydrogen-bond acceptors (Lipinski definition) is 5. The molecule has 0 radical (unpaired) electrons. The standard InChI is InChI=1S/C13H13N5O/c14-11-12(15)18-13(17-11)10(6-7-16-18)19-8-9-4-2-1-3-5-9/h1-7H,8,14-15H2. The first-order valence-electron chi connectivity index (χ1n) is 5.81. The lowest BCUT2D eigenvalue weighted by atomic mass is 10.2. The Balaban J connectivity index is 1.91. The van der Waals surface area contributed by atoms with Crippen molar-refractivity contribution in [3.8, 4) is 5.75 Å². The summed E-state index contributed by atoms with van der Waals surface area (Å²) in [6.07, 6.45) is 1.60. The quantitative estimate of drug-likeness (QED) is 0.739. The highest BCUT2D eigenvalue weighted by molar-refractivity contribution is 5.67. The van der Waals surface area contributed by atoms with Crippen molar-refractivity contribution in [1.82, 2.24) is 14.6 Å². The van der Waals surface area contributed by atoms with Crippen molar-refractivity contribution in [1.29, 1.82) is 0 Å². The molecule has 1 aromatic carbocycles. The van der Waals surface area contributed by atoms with Crippen LogP contribution >= 0.6 is 0 Å². The van der Waals surface area contributed by atoms with Gasteiger partial charge in [0.05, 0.1) is 6.20 Å². The maximum Gasteiger partial charge on any atom is 0.200 e. The number of nitrogens with zero attached hydrogens (tertiary/aromatic N) is 3. The average molecular weight is 255 g/mol. The molecule has 0 unspecified atom stereocenters. The number of aromatic nitrogens is 3. The van der Waals surface area contributed by atoms with E-state index in [-0.39, 0.29) is 5.82 Å². The van der Waals surface area contributed by atoms with Crippen LogP contribution in [0.15, 0.2) is 42.6 Å². The van der Waals surface area contributed by atoms with Gasteiger partial charge in [0.15, 0.2) is 23.0 Å². The summed E-state index contributed by atoms with van der Waals surface area (Å²) in [4.78, 5) is 4.15. The monoisotopic (exact) mass is 255 g/mol. The maximum atomic E-state index is 5.77. The molecule has 2 aromatic heterocycles. The lowest BCUT2D eigenvalue weighted by Crippen LogP contribution is -2.01. The van der Waals surface area contributed by atoms with E-state index in [2.05, 4.69) is 10.1 Å². The van der Waals surface area contributed by atoms with E-state index in [1.807, 2.05) is 30.3 Å². The lowest BCUT2D eigenvalue weighted by Gasteiger charge is -2.06. The summed E-state index contributed by atoms with van der Waals surface area (Å²) >= 11 is 0. The van der Waals surface area contributed by atoms with E-state index >= 15 is 0 Å². The highest BCUT2D eigenvalue weighted by atomic mass is 16.5. The second-order valence-corrected chi connectivity index (χ2v) is 4.09. The maximum absolute atomic E-state index is 5.77. The van der Waals surface area contributed by atoms with Gasteiger partial charge in [-0.25, -0.2) is 4.98 Å². The molecule has 0 saturated heterocycles. The van der Waals surface area contributed by atoms with Crippen molar-refractivity contribution in [3.63, 3.8) is 0 Å². The number of ether oxygens (including phenoxy) is 1. The molecule has 0 aliphatic heterocycles. The van der Waals surface area contributed by atoms with Crippen LogP contribution in [-0.4, -0.2) is 14.6 Å². The molecule has 3 aromatic rings. The molecular formula is C13H13N5O. The molecule has 6 nitrogen and oxygen atoms in total. The highest BCUT2D eigenvalue weighted by Gasteiger charge is 2.11. The molecule has 0 aliphatic rings. The Hall–Kier alpha value is -2.76. The average Bonchev–Trinajstić information content (AvgIpc) is 2.74. The molecule has 0 bridgehead atoms. The normalized spacial score (nSPS) is 10.7. The topological polar surface area (TPSA) is 91.5 Å². The summed E-state index contributed by atoms with van der Waals surface area (Å²) < 4.78 is 7.21. The predicted molar refractivity (Wildman–Crippen MR) is 72.6 cm³/mol. The van der Waals surface area contributed by atoms with Crippen LogP contribution < -0.4 is 16.2 Å². The highest BCUT2D eigenvalue weighted by Crippen LogP contribution is 2.23. The minimum Gasteiger partial charge on any atom is -0.485 e. The zero-order valence-corrected chi connectivity index (χ0v) is 10.2. The van der Waals surface area contributed by atoms with Crippen molar-refractivity contribution >= 4 is 17.3 Å². The van der Waals surface area contributed by atoms with Crippen LogP contribution in [-0.2, 0) is 6.61 Å². The van der Waals surface area contributed by atoms with Gasteiger partial charge in [0.25, 0.3) is 0 Å². The van der Waals surface area contributed by atoms with Crippen molar-refractivity contribution in [2.24, 2.45) is 0 Å². The Bertz CT molecular complexity index is 708. The summed E-state index contributed by atoms with van der Waals surface area (Å²) in [5.74, 6) is 1.17. The number of imidazole rings is 1. The van der Waals surface area contributed by atoms with Gasteiger partial charge >= 0.3 is 0 Å². The zero-order chi connectivity index (χ0) is 13.2. The molecule has 0 amide bonds. The van der Waals surface area contributed by atoms with Crippen LogP contribution in [0.5, 0.6) is 5.75 Å². The number of anilines is 2. The minimum atomic E-state index is 0.253. The third kappa shape index (κ3) is 2.03. The molecule has 0 fully saturated rings. The van der Waals surface area contributed by atoms with Crippen LogP contribution in [0.25, 0.3) is 5.65 Å². The fraction of sp³-hybridized carbons (Fsp3) is 0.0769. The van der Waals surface area contributed by atoms with Gasteiger partial charge in [0, 0.05) is 6.07 Å². The molecule has 0 atom stereocenters. The van der Waals surface area contributed by atoms with E-state index in [4.69, 9.17) is 16.2 Å². The molecule has 19 heavy (non-hydrogen) atoms. The van der Waals surface area contributed by atoms with Crippen LogP contribution in [0.1, 0.15) is 5.56 Å². The Kier molecular flexibility index (Phi) is 2.68. The van der Waals surface area contributed by atoms with Crippen molar-refractivity contribution in [2.75, 3.05) is 11.5 Å². The van der Waals surface area contributed by atoms with Gasteiger partial charge in [-0.15, -0.1) is 0 Å². The molecule has 4 N–H and O–H groups in total. The first kappa shape index (κ1) is 11.3. The van der Waals surface area contributed by atoms with Crippen LogP contribution in [0.4, 0.5) is 11.6 Å². The fourth-order valence-electron chi connectivity index (χ4n) is 1.81. The van der Waals surface area contributed by atoms with Crippen molar-refractivity contribution < 1.29 is 4.74 Å². The summed E-state index contributed by atoms with van der Waals surface area (Å²) in [5.41, 5.74) is 13.0. The van der Waals surface area contributed by atoms with Gasteiger partial charge in [-0.1, -0.05) is 30.3 Å². The van der Waals surface area contributed by atoms with E-state index in [0.717, 1.165) is 5.56 Å². The number of nitrogen functional groups attached to an aromatic ring is 2. The first-order chi connectivity index (χ1) is 9.25. The van der Waals surface area contributed by atoms with E-state index < -0.39 is 0 Å². The second-order valence-electron chi connectivity index (χ2n) is 4.09. The number of benzene rings is 1. The Morgan fingerprint density at radius 3 is 2.68 bits per heavy atom. The third-order valence-electron chi connectivity index (χ3n) is 2.78. The van der Waals surface area contributed by atoms with E-state index in [0.29, 0.717) is 23.8 Å². The second kappa shape index (κ2) is 4.49. The zero-order valence-electron chi connectivity index (χ0n) is 10.2. The Morgan fingerprint density at radius 2 is 1.89 bits per heavy atom. The van der Waals surface area contributed by atoms with Gasteiger partial charge in [0.1, 0.15) is 6.61 Å². The third-order valence-corrected chi connectivity index (χ3v) is 2.78. The van der Waals surface area contributed by atoms with Crippen molar-refractivity contribution in [2.45, 2.75) is 6.61 Å². The number of nitrogens with two attached hydrogens (primary N) is 2. The van der Waals surface area contributed by atoms with Gasteiger partial charge in [-0.3, -0.25) is 0 Å². The largest absolute Gasteiger partial charge is 0.485 e. The summed E-state index contributed by atoms with van der Waals surface area (Å²) in [7, 11) is 0. The smallest absolute Gasteiger partial charge is 0.200 e. The van der Waals surface area contributed by atoms with Gasteiger partial charge < -0.3 is 16.2 Å². The Labute approximate surface area is 109 Å². The van der Waals surface area contributed by atoms with Crippen LogP contribution in [0, 0.1) is 0 Å². The Morgan fingerprint density at radius 1 is 1.11 bits per heavy atom. The molecule has 0 spiro atoms. The SMILES string of the molecule is Nc1nc2c(OCc3ccccc3)ccnn2c1N. The molecule has 3 rings (SSSR count). The van der Waals surface area contributed by atoms with Crippen molar-refractivity contribution in [3.05, 3.63) is 48.2 Å². The molecule has 2 heterocycles. The number of rotatable bonds is 3. The van der Waals surface area contributed by atoms with Gasteiger partial charge in [-0.2, -0.15) is 9.61 Å². The number of fused-ring (bicyclic) bond motifs is 1. The molecule has 96 valence electrons. The molecule has 0 aliphatic carbocycles. The predicted octanol–water partition coefficient (Wildman–Crippen LogP) is 1.47. The summed E-state index contributed by atoms with van der Waals surface area (Å²) in [6, 6.07) is 11.6. The van der Waals surface area contributed by atoms with E-state index in [1.54, 1.807) is 12.3 Å². The van der Waals surface area contributed by atoms with Gasteiger partial charge in [-0.05, 0) is 5.56 Å². The molecule has 0 saturated carbocycles. The fourth-order valence-corrected chi connectivity index (χ4v) is 1.81. The van der Waals surface area contributed by atoms with E-state index in [1.165, 1.54) is 4.52 Å². The minimum absolute atomic E-state index is 0.253. The van der Waals surface area contributed by atoms with Crippen LogP contribution in [0.3, 0.4) is 0 Å². The van der Waals surface area contributed by atoms with Crippen LogP contribution in [0.2, 0.25) is 0 Å². The first-order valence-corrected chi connectivity index (χ1v) is 5.81. The summed E-state index contributed by atoms with van der Waals surface area (Å²) in [6.45, 7) is 0.452.